The van der Waals surface area contributed by atoms with Crippen LogP contribution in [0.4, 0.5) is 14.5 Å². The van der Waals surface area contributed by atoms with E-state index in [4.69, 9.17) is 0 Å². The zero-order valence-electron chi connectivity index (χ0n) is 11.7. The Balaban J connectivity index is 2.80. The predicted octanol–water partition coefficient (Wildman–Crippen LogP) is 2.23. The Morgan fingerprint density at radius 1 is 1.30 bits per heavy atom. The number of carbonyl (C=O) groups is 2. The maximum absolute atomic E-state index is 13.7. The van der Waals surface area contributed by atoms with Crippen LogP contribution in [0.1, 0.15) is 27.2 Å². The van der Waals surface area contributed by atoms with E-state index >= 15 is 0 Å². The standard InChI is InChI=1S/C14H18F2N2O2/c1-9(2)17-14(20)6-7-18(10(3)19)13-5-4-11(15)8-12(13)16/h4-5,8-9H,6-7H2,1-3H3,(H,17,20). The van der Waals surface area contributed by atoms with E-state index in [1.54, 1.807) is 0 Å². The third-order valence-electron chi connectivity index (χ3n) is 2.59. The highest BCUT2D eigenvalue weighted by Crippen LogP contribution is 2.20. The van der Waals surface area contributed by atoms with Crippen molar-refractivity contribution >= 4 is 17.5 Å². The lowest BCUT2D eigenvalue weighted by molar-refractivity contribution is -0.121. The Bertz CT molecular complexity index is 504. The molecule has 1 aromatic carbocycles. The first-order valence-electron chi connectivity index (χ1n) is 6.33. The molecular weight excluding hydrogens is 266 g/mol. The highest BCUT2D eigenvalue weighted by Gasteiger charge is 2.17. The average Bonchev–Trinajstić information content (AvgIpc) is 2.30. The average molecular weight is 284 g/mol. The lowest BCUT2D eigenvalue weighted by atomic mass is 10.2. The quantitative estimate of drug-likeness (QED) is 0.901. The first-order chi connectivity index (χ1) is 9.31. The van der Waals surface area contributed by atoms with Crippen LogP contribution in [-0.4, -0.2) is 24.4 Å². The molecule has 20 heavy (non-hydrogen) atoms. The van der Waals surface area contributed by atoms with Gasteiger partial charge in [-0.15, -0.1) is 0 Å². The summed E-state index contributed by atoms with van der Waals surface area (Å²) < 4.78 is 26.5. The van der Waals surface area contributed by atoms with Gasteiger partial charge >= 0.3 is 0 Å². The van der Waals surface area contributed by atoms with Gasteiger partial charge in [-0.1, -0.05) is 0 Å². The number of amides is 2. The summed E-state index contributed by atoms with van der Waals surface area (Å²) in [5.41, 5.74) is -0.0313. The van der Waals surface area contributed by atoms with Crippen molar-refractivity contribution in [3.8, 4) is 0 Å². The summed E-state index contributed by atoms with van der Waals surface area (Å²) in [6.07, 6.45) is 0.0502. The highest BCUT2D eigenvalue weighted by atomic mass is 19.1. The van der Waals surface area contributed by atoms with Crippen LogP contribution >= 0.6 is 0 Å². The molecule has 0 radical (unpaired) electrons. The first kappa shape index (κ1) is 16.1. The van der Waals surface area contributed by atoms with Crippen molar-refractivity contribution < 1.29 is 18.4 Å². The molecule has 110 valence electrons. The van der Waals surface area contributed by atoms with Gasteiger partial charge in [0.1, 0.15) is 11.6 Å². The second-order valence-electron chi connectivity index (χ2n) is 4.74. The van der Waals surface area contributed by atoms with Gasteiger partial charge in [0, 0.05) is 32.0 Å². The molecule has 2 amide bonds. The maximum atomic E-state index is 13.7. The van der Waals surface area contributed by atoms with Crippen molar-refractivity contribution in [1.29, 1.82) is 0 Å². The van der Waals surface area contributed by atoms with Crippen LogP contribution in [-0.2, 0) is 9.59 Å². The molecule has 0 saturated heterocycles. The van der Waals surface area contributed by atoms with E-state index in [1.165, 1.54) is 13.0 Å². The number of nitrogens with one attached hydrogen (secondary N) is 1. The summed E-state index contributed by atoms with van der Waals surface area (Å²) in [5.74, 6) is -2.18. The molecule has 0 spiro atoms. The van der Waals surface area contributed by atoms with Crippen molar-refractivity contribution in [2.45, 2.75) is 33.2 Å². The van der Waals surface area contributed by atoms with Gasteiger partial charge in [-0.05, 0) is 26.0 Å². The molecule has 1 aromatic rings. The normalized spacial score (nSPS) is 10.5. The van der Waals surface area contributed by atoms with Crippen molar-refractivity contribution in [2.75, 3.05) is 11.4 Å². The molecule has 0 aliphatic heterocycles. The number of nitrogens with zero attached hydrogens (tertiary/aromatic N) is 1. The molecule has 4 nitrogen and oxygen atoms in total. The van der Waals surface area contributed by atoms with Crippen LogP contribution in [0.15, 0.2) is 18.2 Å². The van der Waals surface area contributed by atoms with Gasteiger partial charge in [0.15, 0.2) is 0 Å². The summed E-state index contributed by atoms with van der Waals surface area (Å²) in [6.45, 7) is 4.94. The molecule has 1 rings (SSSR count). The van der Waals surface area contributed by atoms with Gasteiger partial charge in [-0.25, -0.2) is 8.78 Å². The fourth-order valence-electron chi connectivity index (χ4n) is 1.76. The van der Waals surface area contributed by atoms with Gasteiger partial charge in [0.05, 0.1) is 5.69 Å². The Labute approximate surface area is 116 Å². The minimum absolute atomic E-state index is 0.00386. The van der Waals surface area contributed by atoms with E-state index in [1.807, 2.05) is 13.8 Å². The maximum Gasteiger partial charge on any atom is 0.223 e. The number of hydrogen-bond donors (Lipinski definition) is 1. The van der Waals surface area contributed by atoms with Crippen molar-refractivity contribution in [2.24, 2.45) is 0 Å². The van der Waals surface area contributed by atoms with Crippen molar-refractivity contribution in [3.05, 3.63) is 29.8 Å². The Hall–Kier alpha value is -1.98. The summed E-state index contributed by atoms with van der Waals surface area (Å²) >= 11 is 0. The highest BCUT2D eigenvalue weighted by molar-refractivity contribution is 5.92. The van der Waals surface area contributed by atoms with Gasteiger partial charge in [0.25, 0.3) is 0 Å². The summed E-state index contributed by atoms with van der Waals surface area (Å²) in [7, 11) is 0. The van der Waals surface area contributed by atoms with Gasteiger partial charge < -0.3 is 10.2 Å². The first-order valence-corrected chi connectivity index (χ1v) is 6.33. The molecule has 0 atom stereocenters. The smallest absolute Gasteiger partial charge is 0.223 e. The van der Waals surface area contributed by atoms with Gasteiger partial charge in [-0.2, -0.15) is 0 Å². The summed E-state index contributed by atoms with van der Waals surface area (Å²) in [6, 6.07) is 2.96. The van der Waals surface area contributed by atoms with E-state index in [-0.39, 0.29) is 30.6 Å². The Morgan fingerprint density at radius 3 is 2.45 bits per heavy atom. The topological polar surface area (TPSA) is 49.4 Å². The number of rotatable bonds is 5. The van der Waals surface area contributed by atoms with Crippen LogP contribution in [0, 0.1) is 11.6 Å². The molecule has 0 saturated carbocycles. The summed E-state index contributed by atoms with van der Waals surface area (Å²) in [5, 5.41) is 2.68. The Kier molecular flexibility index (Phi) is 5.61. The molecular formula is C14H18F2N2O2. The molecule has 6 heteroatoms. The number of halogens is 2. The SMILES string of the molecule is CC(=O)N(CCC(=O)NC(C)C)c1ccc(F)cc1F. The summed E-state index contributed by atoms with van der Waals surface area (Å²) in [4.78, 5) is 24.2. The van der Waals surface area contributed by atoms with Crippen molar-refractivity contribution in [3.63, 3.8) is 0 Å². The molecule has 0 fully saturated rings. The second kappa shape index (κ2) is 6.98. The largest absolute Gasteiger partial charge is 0.354 e. The van der Waals surface area contributed by atoms with E-state index in [2.05, 4.69) is 5.32 Å². The van der Waals surface area contributed by atoms with E-state index in [0.717, 1.165) is 11.0 Å². The van der Waals surface area contributed by atoms with Crippen molar-refractivity contribution in [1.82, 2.24) is 5.32 Å². The predicted molar refractivity (Wildman–Crippen MR) is 72.3 cm³/mol. The van der Waals surface area contributed by atoms with Gasteiger partial charge in [-0.3, -0.25) is 9.59 Å². The van der Waals surface area contributed by atoms with Crippen LogP contribution in [0.2, 0.25) is 0 Å². The third kappa shape index (κ3) is 4.60. The number of anilines is 1. The van der Waals surface area contributed by atoms with Crippen LogP contribution in [0.25, 0.3) is 0 Å². The number of hydrogen-bond acceptors (Lipinski definition) is 2. The van der Waals surface area contributed by atoms with E-state index < -0.39 is 17.5 Å². The minimum Gasteiger partial charge on any atom is -0.354 e. The van der Waals surface area contributed by atoms with Gasteiger partial charge in [0.2, 0.25) is 11.8 Å². The lowest BCUT2D eigenvalue weighted by Gasteiger charge is -2.21. The zero-order valence-corrected chi connectivity index (χ0v) is 11.7. The second-order valence-corrected chi connectivity index (χ2v) is 4.74. The molecule has 0 unspecified atom stereocenters. The molecule has 1 N–H and O–H groups in total. The number of carbonyl (C=O) groups excluding carboxylic acids is 2. The molecule has 0 heterocycles. The monoisotopic (exact) mass is 284 g/mol. The Morgan fingerprint density at radius 2 is 1.95 bits per heavy atom. The fourth-order valence-corrected chi connectivity index (χ4v) is 1.76. The molecule has 0 aromatic heterocycles. The lowest BCUT2D eigenvalue weighted by Crippen LogP contribution is -2.36. The number of benzene rings is 1. The molecule has 0 aliphatic rings. The zero-order chi connectivity index (χ0) is 15.3. The molecule has 0 aliphatic carbocycles. The fraction of sp³-hybridized carbons (Fsp3) is 0.429. The van der Waals surface area contributed by atoms with Crippen LogP contribution < -0.4 is 10.2 Å². The minimum atomic E-state index is -0.829. The van der Waals surface area contributed by atoms with E-state index in [0.29, 0.717) is 6.07 Å². The van der Waals surface area contributed by atoms with E-state index in [9.17, 15) is 18.4 Å². The van der Waals surface area contributed by atoms with Crippen LogP contribution in [0.5, 0.6) is 0 Å². The van der Waals surface area contributed by atoms with Crippen LogP contribution in [0.3, 0.4) is 0 Å². The third-order valence-corrected chi connectivity index (χ3v) is 2.59. The molecule has 0 bridgehead atoms.